The van der Waals surface area contributed by atoms with Gasteiger partial charge in [-0.05, 0) is 83.6 Å². The first kappa shape index (κ1) is 49.9. The summed E-state index contributed by atoms with van der Waals surface area (Å²) in [4.78, 5) is 35.4. The van der Waals surface area contributed by atoms with E-state index < -0.39 is 20.0 Å². The van der Waals surface area contributed by atoms with Gasteiger partial charge in [0.05, 0.1) is 24.0 Å². The van der Waals surface area contributed by atoms with Crippen molar-refractivity contribution in [3.63, 3.8) is 0 Å². The number of benzene rings is 4. The summed E-state index contributed by atoms with van der Waals surface area (Å²) in [5.41, 5.74) is 1.88. The predicted molar refractivity (Wildman–Crippen MR) is 266 cm³/mol. The quantitative estimate of drug-likeness (QED) is 0.0637. The van der Waals surface area contributed by atoms with Crippen LogP contribution in [0.15, 0.2) is 144 Å². The second kappa shape index (κ2) is 22.1. The van der Waals surface area contributed by atoms with Crippen molar-refractivity contribution in [3.8, 4) is 69.6 Å². The van der Waals surface area contributed by atoms with E-state index in [1.54, 1.807) is 84.9 Å². The highest BCUT2D eigenvalue weighted by atomic mass is 32.2. The van der Waals surface area contributed by atoms with Crippen LogP contribution >= 0.6 is 0 Å². The summed E-state index contributed by atoms with van der Waals surface area (Å²) >= 11 is 0. The highest BCUT2D eigenvalue weighted by Gasteiger charge is 2.29. The Hall–Kier alpha value is -8.50. The van der Waals surface area contributed by atoms with Gasteiger partial charge in [-0.3, -0.25) is 9.44 Å². The van der Waals surface area contributed by atoms with Crippen LogP contribution in [0.1, 0.15) is 50.7 Å². The van der Waals surface area contributed by atoms with Crippen LogP contribution in [0.5, 0.6) is 46.3 Å². The first-order chi connectivity index (χ1) is 34.7. The van der Waals surface area contributed by atoms with E-state index >= 15 is 0 Å². The van der Waals surface area contributed by atoms with E-state index in [0.717, 1.165) is 11.1 Å². The number of hydrogen-bond donors (Lipinski definition) is 2. The number of aromatic nitrogens is 8. The molecule has 0 radical (unpaired) electrons. The first-order valence-electron chi connectivity index (χ1n) is 22.2. The Labute approximate surface area is 416 Å². The minimum Gasteiger partial charge on any atom is -0.493 e. The van der Waals surface area contributed by atoms with Crippen molar-refractivity contribution in [1.82, 2.24) is 39.9 Å². The van der Waals surface area contributed by atoms with Gasteiger partial charge in [0.1, 0.15) is 13.2 Å². The predicted octanol–water partition coefficient (Wildman–Crippen LogP) is 9.09. The maximum atomic E-state index is 14.1. The van der Waals surface area contributed by atoms with E-state index in [0.29, 0.717) is 11.5 Å². The summed E-state index contributed by atoms with van der Waals surface area (Å²) in [6, 6.07) is 29.4. The van der Waals surface area contributed by atoms with Crippen molar-refractivity contribution in [3.05, 3.63) is 145 Å². The molecular formula is C50H48N10O10S2. The summed E-state index contributed by atoms with van der Waals surface area (Å²) < 4.78 is 98.1. The molecule has 0 spiro atoms. The number of hydrogen-bond acceptors (Lipinski definition) is 18. The van der Waals surface area contributed by atoms with Crippen molar-refractivity contribution in [1.29, 1.82) is 0 Å². The molecule has 20 nitrogen and oxygen atoms in total. The number of anilines is 2. The van der Waals surface area contributed by atoms with Crippen LogP contribution in [0, 0.1) is 0 Å². The number of ether oxygens (including phenoxy) is 6. The normalized spacial score (nSPS) is 11.5. The van der Waals surface area contributed by atoms with Crippen molar-refractivity contribution < 1.29 is 45.3 Å². The molecule has 0 saturated heterocycles. The number of nitrogens with zero attached hydrogens (tertiary/aromatic N) is 8. The lowest BCUT2D eigenvalue weighted by Gasteiger charge is -2.19. The Morgan fingerprint density at radius 2 is 0.792 bits per heavy atom. The smallest absolute Gasteiger partial charge is 0.264 e. The number of nitrogens with one attached hydrogen (secondary N) is 2. The highest BCUT2D eigenvalue weighted by Crippen LogP contribution is 2.43. The standard InChI is InChI=1S/C50H48N10O10S2/c1-31(2)33-17-21-35(22-18-33)71(61,62)59-43-41(69-39-15-9-7-13-37(39)65-5)49(57-47(55-43)45-51-25-11-26-52-45)67-29-30-68-50-42(70-40-16-10-8-14-38(40)66-6)44(56-48(58-50)46-53-27-12-28-54-46)60-72(63,64)36-23-19-34(20-24-36)32(3)4/h7-28,31-32H,29-30H2,1-6H3,(H,55,57,59)(H,56,58,60). The van der Waals surface area contributed by atoms with Crippen LogP contribution in [0.4, 0.5) is 11.6 Å². The van der Waals surface area contributed by atoms with Crippen molar-refractivity contribution in [2.75, 3.05) is 36.9 Å². The Balaban J connectivity index is 1.20. The highest BCUT2D eigenvalue weighted by molar-refractivity contribution is 7.93. The maximum Gasteiger partial charge on any atom is 0.264 e. The average Bonchev–Trinajstić information content (AvgIpc) is 3.39. The number of rotatable bonds is 21. The fourth-order valence-corrected chi connectivity index (χ4v) is 8.76. The zero-order valence-electron chi connectivity index (χ0n) is 39.7. The van der Waals surface area contributed by atoms with Gasteiger partial charge >= 0.3 is 0 Å². The van der Waals surface area contributed by atoms with Crippen LogP contribution < -0.4 is 37.9 Å². The van der Waals surface area contributed by atoms with Gasteiger partial charge in [0, 0.05) is 24.8 Å². The van der Waals surface area contributed by atoms with Gasteiger partial charge < -0.3 is 28.4 Å². The zero-order chi connectivity index (χ0) is 50.8. The monoisotopic (exact) mass is 1010 g/mol. The molecule has 370 valence electrons. The fourth-order valence-electron chi connectivity index (χ4n) is 6.75. The van der Waals surface area contributed by atoms with Crippen LogP contribution in [-0.2, 0) is 20.0 Å². The number of sulfonamides is 2. The van der Waals surface area contributed by atoms with Gasteiger partial charge in [0.25, 0.3) is 31.8 Å². The Morgan fingerprint density at radius 3 is 1.12 bits per heavy atom. The van der Waals surface area contributed by atoms with E-state index in [1.807, 2.05) is 27.7 Å². The lowest BCUT2D eigenvalue weighted by atomic mass is 10.0. The minimum absolute atomic E-state index is 0.0322. The molecule has 72 heavy (non-hydrogen) atoms. The molecule has 0 amide bonds. The lowest BCUT2D eigenvalue weighted by Crippen LogP contribution is -2.18. The number of methoxy groups -OCH3 is 2. The molecule has 8 rings (SSSR count). The molecule has 0 aliphatic rings. The molecule has 2 N–H and O–H groups in total. The van der Waals surface area contributed by atoms with Crippen LogP contribution in [0.2, 0.25) is 0 Å². The fraction of sp³-hybridized carbons (Fsp3) is 0.200. The molecule has 0 saturated carbocycles. The number of para-hydroxylation sites is 4. The van der Waals surface area contributed by atoms with Gasteiger partial charge in [0.15, 0.2) is 46.3 Å². The second-order valence-corrected chi connectivity index (χ2v) is 19.4. The molecule has 4 aromatic heterocycles. The second-order valence-electron chi connectivity index (χ2n) is 16.1. The van der Waals surface area contributed by atoms with Crippen LogP contribution in [-0.4, -0.2) is 84.1 Å². The molecule has 8 aromatic rings. The largest absolute Gasteiger partial charge is 0.493 e. The molecule has 0 bridgehead atoms. The van der Waals surface area contributed by atoms with Crippen molar-refractivity contribution in [2.24, 2.45) is 0 Å². The summed E-state index contributed by atoms with van der Waals surface area (Å²) in [6.07, 6.45) is 5.88. The van der Waals surface area contributed by atoms with Gasteiger partial charge in [-0.1, -0.05) is 76.2 Å². The maximum absolute atomic E-state index is 14.1. The lowest BCUT2D eigenvalue weighted by molar-refractivity contribution is 0.198. The topological polar surface area (TPSA) is 251 Å². The summed E-state index contributed by atoms with van der Waals surface area (Å²) in [7, 11) is -5.78. The molecule has 0 atom stereocenters. The minimum atomic E-state index is -4.34. The molecule has 4 aromatic carbocycles. The van der Waals surface area contributed by atoms with E-state index in [-0.39, 0.29) is 105 Å². The third kappa shape index (κ3) is 11.7. The summed E-state index contributed by atoms with van der Waals surface area (Å²) in [6.45, 7) is 7.32. The summed E-state index contributed by atoms with van der Waals surface area (Å²) in [5.74, 6) is -0.660. The molecule has 0 aliphatic carbocycles. The SMILES string of the molecule is COc1ccccc1Oc1c(NS(=O)(=O)c2ccc(C(C)C)cc2)nc(-c2ncccn2)nc1OCCOc1nc(-c2ncccn2)nc(NS(=O)(=O)c2ccc(C(C)C)cc2)c1Oc1ccccc1OC. The zero-order valence-corrected chi connectivity index (χ0v) is 41.4. The van der Waals surface area contributed by atoms with Crippen molar-refractivity contribution in [2.45, 2.75) is 49.3 Å². The molecule has 0 unspecified atom stereocenters. The van der Waals surface area contributed by atoms with Crippen LogP contribution in [0.25, 0.3) is 23.3 Å². The van der Waals surface area contributed by atoms with E-state index in [9.17, 15) is 16.8 Å². The van der Waals surface area contributed by atoms with E-state index in [1.165, 1.54) is 63.3 Å². The molecule has 22 heteroatoms. The third-order valence-electron chi connectivity index (χ3n) is 10.5. The van der Waals surface area contributed by atoms with Gasteiger partial charge in [-0.2, -0.15) is 9.97 Å². The van der Waals surface area contributed by atoms with Crippen molar-refractivity contribution >= 4 is 31.7 Å². The Kier molecular flexibility index (Phi) is 15.3. The molecule has 0 fully saturated rings. The Morgan fingerprint density at radius 1 is 0.444 bits per heavy atom. The summed E-state index contributed by atoms with van der Waals surface area (Å²) in [5, 5.41) is 0. The molecular weight excluding hydrogens is 965 g/mol. The average molecular weight is 1010 g/mol. The Bertz CT molecular complexity index is 3150. The van der Waals surface area contributed by atoms with Gasteiger partial charge in [-0.25, -0.2) is 46.7 Å². The van der Waals surface area contributed by atoms with E-state index in [2.05, 4.69) is 49.3 Å². The van der Waals surface area contributed by atoms with Gasteiger partial charge in [-0.15, -0.1) is 0 Å². The third-order valence-corrected chi connectivity index (χ3v) is 13.2. The van der Waals surface area contributed by atoms with E-state index in [4.69, 9.17) is 28.4 Å². The van der Waals surface area contributed by atoms with Gasteiger partial charge in [0.2, 0.25) is 23.1 Å². The van der Waals surface area contributed by atoms with Crippen LogP contribution in [0.3, 0.4) is 0 Å². The first-order valence-corrected chi connectivity index (χ1v) is 25.2. The molecule has 0 aliphatic heterocycles. The molecule has 4 heterocycles.